The molecule has 9 heteroatoms. The smallest absolute Gasteiger partial charge is 0.271 e. The van der Waals surface area contributed by atoms with E-state index in [0.29, 0.717) is 0 Å². The first kappa shape index (κ1) is 17.0. The van der Waals surface area contributed by atoms with Gasteiger partial charge in [0, 0.05) is 5.56 Å². The second-order valence-corrected chi connectivity index (χ2v) is 5.22. The number of rotatable bonds is 3. The van der Waals surface area contributed by atoms with Gasteiger partial charge in [-0.15, -0.1) is 0 Å². The monoisotopic (exact) mass is 358 g/mol. The summed E-state index contributed by atoms with van der Waals surface area (Å²) < 4.78 is 18.5. The lowest BCUT2D eigenvalue weighted by atomic mass is 10.2. The molecule has 2 aromatic carbocycles. The van der Waals surface area contributed by atoms with Crippen LogP contribution in [0, 0.1) is 5.82 Å². The molecule has 3 rings (SSSR count). The van der Waals surface area contributed by atoms with E-state index in [2.05, 4.69) is 10.5 Å². The van der Waals surface area contributed by atoms with Gasteiger partial charge in [-0.3, -0.25) is 9.59 Å². The highest BCUT2D eigenvalue weighted by Gasteiger charge is 2.13. The van der Waals surface area contributed by atoms with Crippen LogP contribution >= 0.6 is 0 Å². The van der Waals surface area contributed by atoms with E-state index in [1.807, 2.05) is 0 Å². The fourth-order valence-electron chi connectivity index (χ4n) is 2.17. The summed E-state index contributed by atoms with van der Waals surface area (Å²) >= 11 is 0. The Morgan fingerprint density at radius 2 is 1.85 bits per heavy atom. The van der Waals surface area contributed by atoms with E-state index in [1.165, 1.54) is 6.07 Å². The lowest BCUT2D eigenvalue weighted by molar-refractivity contribution is 0.0954. The summed E-state index contributed by atoms with van der Waals surface area (Å²) in [6.45, 7) is 0. The Bertz CT molecular complexity index is 1080. The Morgan fingerprint density at radius 1 is 1.15 bits per heavy atom. The second kappa shape index (κ2) is 6.55. The van der Waals surface area contributed by atoms with E-state index >= 15 is 0 Å². The number of nitrogens with one attached hydrogen (secondary N) is 1. The molecule has 26 heavy (non-hydrogen) atoms. The summed E-state index contributed by atoms with van der Waals surface area (Å²) in [6.07, 6.45) is 2.12. The van der Waals surface area contributed by atoms with Crippen LogP contribution in [0.15, 0.2) is 50.9 Å². The number of hydrogen-bond acceptors (Lipinski definition) is 7. The minimum atomic E-state index is -0.817. The fourth-order valence-corrected chi connectivity index (χ4v) is 2.17. The van der Waals surface area contributed by atoms with Crippen LogP contribution in [0.1, 0.15) is 15.9 Å². The number of carbonyl (C=O) groups excluding carboxylic acids is 1. The molecule has 4 N–H and O–H groups in total. The third kappa shape index (κ3) is 3.18. The van der Waals surface area contributed by atoms with Gasteiger partial charge in [0.1, 0.15) is 17.7 Å². The molecule has 132 valence electrons. The molecule has 0 aliphatic rings. The molecule has 8 nitrogen and oxygen atoms in total. The molecule has 0 atom stereocenters. The molecule has 0 saturated heterocycles. The number of carbonyl (C=O) groups is 1. The molecule has 1 heterocycles. The van der Waals surface area contributed by atoms with E-state index in [0.717, 1.165) is 36.7 Å². The molecule has 0 aliphatic carbocycles. The molecule has 1 aromatic heterocycles. The number of aromatic hydroxyl groups is 3. The van der Waals surface area contributed by atoms with E-state index in [-0.39, 0.29) is 22.1 Å². The van der Waals surface area contributed by atoms with Gasteiger partial charge in [-0.1, -0.05) is 0 Å². The summed E-state index contributed by atoms with van der Waals surface area (Å²) in [6, 6.07) is 5.35. The maximum atomic E-state index is 13.3. The van der Waals surface area contributed by atoms with Gasteiger partial charge >= 0.3 is 0 Å². The number of amides is 1. The zero-order chi connectivity index (χ0) is 18.8. The van der Waals surface area contributed by atoms with Gasteiger partial charge in [0.15, 0.2) is 17.2 Å². The fraction of sp³-hybridized carbons (Fsp3) is 0. The Labute approximate surface area is 144 Å². The van der Waals surface area contributed by atoms with Crippen molar-refractivity contribution in [1.29, 1.82) is 0 Å². The Hall–Kier alpha value is -3.88. The SMILES string of the molecule is O=C(NN=Cc1coc2ccc(F)cc2c1=O)c1cc(O)c(O)c(O)c1. The molecule has 0 fully saturated rings. The van der Waals surface area contributed by atoms with Crippen LogP contribution in [0.25, 0.3) is 11.0 Å². The summed E-state index contributed by atoms with van der Waals surface area (Å²) in [7, 11) is 0. The summed E-state index contributed by atoms with van der Waals surface area (Å²) in [5.74, 6) is -3.54. The van der Waals surface area contributed by atoms with Crippen LogP contribution in [0.5, 0.6) is 17.2 Å². The molecule has 0 aliphatic heterocycles. The number of phenolic OH excluding ortho intramolecular Hbond substituents is 3. The molecular formula is C17H11FN2O6. The molecule has 0 bridgehead atoms. The predicted molar refractivity (Wildman–Crippen MR) is 88.9 cm³/mol. The minimum absolute atomic E-state index is 0.0219. The first-order chi connectivity index (χ1) is 12.4. The number of benzene rings is 2. The molecule has 0 spiro atoms. The largest absolute Gasteiger partial charge is 0.504 e. The van der Waals surface area contributed by atoms with Crippen molar-refractivity contribution in [2.45, 2.75) is 0 Å². The van der Waals surface area contributed by atoms with Gasteiger partial charge in [-0.25, -0.2) is 9.82 Å². The van der Waals surface area contributed by atoms with Crippen molar-refractivity contribution in [1.82, 2.24) is 5.43 Å². The predicted octanol–water partition coefficient (Wildman–Crippen LogP) is 1.81. The van der Waals surface area contributed by atoms with Crippen molar-refractivity contribution in [3.63, 3.8) is 0 Å². The quantitative estimate of drug-likeness (QED) is 0.321. The number of hydrazone groups is 1. The Kier molecular flexibility index (Phi) is 4.27. The van der Waals surface area contributed by atoms with E-state index in [1.54, 1.807) is 0 Å². The molecule has 3 aromatic rings. The number of fused-ring (bicyclic) bond motifs is 1. The Balaban J connectivity index is 1.83. The topological polar surface area (TPSA) is 132 Å². The van der Waals surface area contributed by atoms with E-state index in [9.17, 15) is 29.3 Å². The molecule has 1 amide bonds. The highest BCUT2D eigenvalue weighted by molar-refractivity contribution is 5.96. The molecule has 0 radical (unpaired) electrons. The number of phenols is 3. The highest BCUT2D eigenvalue weighted by Crippen LogP contribution is 2.35. The zero-order valence-corrected chi connectivity index (χ0v) is 12.9. The molecule has 0 saturated carbocycles. The van der Waals surface area contributed by atoms with Crippen molar-refractivity contribution in [2.24, 2.45) is 5.10 Å². The van der Waals surface area contributed by atoms with Gasteiger partial charge in [-0.05, 0) is 30.3 Å². The lowest BCUT2D eigenvalue weighted by Crippen LogP contribution is -2.18. The van der Waals surface area contributed by atoms with Crippen LogP contribution in [0.2, 0.25) is 0 Å². The maximum Gasteiger partial charge on any atom is 0.271 e. The summed E-state index contributed by atoms with van der Waals surface area (Å²) in [5, 5.41) is 31.6. The highest BCUT2D eigenvalue weighted by atomic mass is 19.1. The summed E-state index contributed by atoms with van der Waals surface area (Å²) in [5.41, 5.74) is 1.54. The van der Waals surface area contributed by atoms with Gasteiger partial charge in [-0.2, -0.15) is 5.10 Å². The van der Waals surface area contributed by atoms with Crippen molar-refractivity contribution in [2.75, 3.05) is 0 Å². The van der Waals surface area contributed by atoms with Crippen LogP contribution in [-0.4, -0.2) is 27.4 Å². The van der Waals surface area contributed by atoms with Gasteiger partial charge in [0.2, 0.25) is 5.43 Å². The van der Waals surface area contributed by atoms with Gasteiger partial charge < -0.3 is 19.7 Å². The van der Waals surface area contributed by atoms with Crippen molar-refractivity contribution in [3.8, 4) is 17.2 Å². The van der Waals surface area contributed by atoms with Gasteiger partial charge in [0.25, 0.3) is 5.91 Å². The average molecular weight is 358 g/mol. The first-order valence-electron chi connectivity index (χ1n) is 7.16. The first-order valence-corrected chi connectivity index (χ1v) is 7.16. The maximum absolute atomic E-state index is 13.3. The van der Waals surface area contributed by atoms with Crippen LogP contribution in [-0.2, 0) is 0 Å². The van der Waals surface area contributed by atoms with E-state index in [4.69, 9.17) is 4.42 Å². The van der Waals surface area contributed by atoms with Crippen molar-refractivity contribution in [3.05, 3.63) is 63.8 Å². The number of hydrogen-bond donors (Lipinski definition) is 4. The number of nitrogens with zero attached hydrogens (tertiary/aromatic N) is 1. The third-order valence-corrected chi connectivity index (χ3v) is 3.46. The van der Waals surface area contributed by atoms with E-state index < -0.39 is 34.4 Å². The lowest BCUT2D eigenvalue weighted by Gasteiger charge is -2.04. The summed E-state index contributed by atoms with van der Waals surface area (Å²) in [4.78, 5) is 24.1. The van der Waals surface area contributed by atoms with Crippen molar-refractivity contribution < 1.29 is 28.9 Å². The molecular weight excluding hydrogens is 347 g/mol. The second-order valence-electron chi connectivity index (χ2n) is 5.22. The van der Waals surface area contributed by atoms with Crippen molar-refractivity contribution >= 4 is 23.1 Å². The van der Waals surface area contributed by atoms with Crippen LogP contribution < -0.4 is 10.9 Å². The van der Waals surface area contributed by atoms with Gasteiger partial charge in [0.05, 0.1) is 17.2 Å². The zero-order valence-electron chi connectivity index (χ0n) is 12.9. The third-order valence-electron chi connectivity index (χ3n) is 3.46. The van der Waals surface area contributed by atoms with Crippen LogP contribution in [0.4, 0.5) is 4.39 Å². The Morgan fingerprint density at radius 3 is 2.54 bits per heavy atom. The van der Waals surface area contributed by atoms with Crippen LogP contribution in [0.3, 0.4) is 0 Å². The normalized spacial score (nSPS) is 11.1. The standard InChI is InChI=1S/C17H11FN2O6/c18-10-1-2-14-11(5-10)15(23)9(7-26-14)6-19-20-17(25)8-3-12(21)16(24)13(22)4-8/h1-7,21-22,24H,(H,20,25). The minimum Gasteiger partial charge on any atom is -0.504 e. The average Bonchev–Trinajstić information content (AvgIpc) is 2.61. The molecule has 0 unspecified atom stereocenters. The number of halogens is 1.